The Morgan fingerprint density at radius 2 is 2.00 bits per heavy atom. The van der Waals surface area contributed by atoms with Crippen molar-refractivity contribution in [2.24, 2.45) is 0 Å². The SMILES string of the molecule is CC(C(=O)O)N1CC(c2ccc(F)cc2)N(C)C1=O. The quantitative estimate of drug-likeness (QED) is 0.906. The van der Waals surface area contributed by atoms with Crippen molar-refractivity contribution in [2.45, 2.75) is 19.0 Å². The Morgan fingerprint density at radius 3 is 2.53 bits per heavy atom. The molecule has 5 nitrogen and oxygen atoms in total. The van der Waals surface area contributed by atoms with Crippen molar-refractivity contribution in [2.75, 3.05) is 13.6 Å². The number of benzene rings is 1. The van der Waals surface area contributed by atoms with Crippen LogP contribution in [0.3, 0.4) is 0 Å². The molecule has 1 aliphatic rings. The lowest BCUT2D eigenvalue weighted by Crippen LogP contribution is -2.41. The molecule has 2 unspecified atom stereocenters. The van der Waals surface area contributed by atoms with E-state index in [1.54, 1.807) is 19.2 Å². The van der Waals surface area contributed by atoms with Crippen LogP contribution in [0.4, 0.5) is 9.18 Å². The fraction of sp³-hybridized carbons (Fsp3) is 0.385. The highest BCUT2D eigenvalue weighted by Gasteiger charge is 2.39. The van der Waals surface area contributed by atoms with Gasteiger partial charge >= 0.3 is 12.0 Å². The number of rotatable bonds is 3. The predicted octanol–water partition coefficient (Wildman–Crippen LogP) is 1.71. The molecule has 2 amide bonds. The molecule has 0 spiro atoms. The highest BCUT2D eigenvalue weighted by Crippen LogP contribution is 2.29. The number of carboxylic acids is 1. The van der Waals surface area contributed by atoms with Crippen LogP contribution >= 0.6 is 0 Å². The average Bonchev–Trinajstić information content (AvgIpc) is 2.67. The van der Waals surface area contributed by atoms with Crippen LogP contribution in [0.25, 0.3) is 0 Å². The summed E-state index contributed by atoms with van der Waals surface area (Å²) in [6.45, 7) is 1.76. The van der Waals surface area contributed by atoms with Gasteiger partial charge in [0.25, 0.3) is 0 Å². The van der Waals surface area contributed by atoms with E-state index in [0.717, 1.165) is 5.56 Å². The van der Waals surface area contributed by atoms with Gasteiger partial charge in [0, 0.05) is 13.6 Å². The van der Waals surface area contributed by atoms with E-state index in [-0.39, 0.29) is 24.4 Å². The van der Waals surface area contributed by atoms with Gasteiger partial charge in [0.15, 0.2) is 0 Å². The molecule has 2 atom stereocenters. The summed E-state index contributed by atoms with van der Waals surface area (Å²) in [5.41, 5.74) is 0.789. The largest absolute Gasteiger partial charge is 0.480 e. The van der Waals surface area contributed by atoms with Gasteiger partial charge < -0.3 is 14.9 Å². The van der Waals surface area contributed by atoms with Crippen LogP contribution in [-0.4, -0.2) is 46.5 Å². The van der Waals surface area contributed by atoms with E-state index in [1.807, 2.05) is 0 Å². The minimum absolute atomic E-state index is 0.255. The highest BCUT2D eigenvalue weighted by atomic mass is 19.1. The lowest BCUT2D eigenvalue weighted by atomic mass is 10.1. The van der Waals surface area contributed by atoms with Gasteiger partial charge in [-0.1, -0.05) is 12.1 Å². The monoisotopic (exact) mass is 266 g/mol. The number of carbonyl (C=O) groups is 2. The van der Waals surface area contributed by atoms with Gasteiger partial charge in [-0.3, -0.25) is 0 Å². The maximum absolute atomic E-state index is 12.9. The first-order valence-corrected chi connectivity index (χ1v) is 5.93. The molecule has 1 aromatic rings. The predicted molar refractivity (Wildman–Crippen MR) is 66.1 cm³/mol. The Kier molecular flexibility index (Phi) is 3.42. The summed E-state index contributed by atoms with van der Waals surface area (Å²) in [6, 6.07) is 4.42. The van der Waals surface area contributed by atoms with Gasteiger partial charge in [0.1, 0.15) is 11.9 Å². The molecule has 102 valence electrons. The van der Waals surface area contributed by atoms with Gasteiger partial charge in [-0.05, 0) is 24.6 Å². The van der Waals surface area contributed by atoms with Gasteiger partial charge in [0.2, 0.25) is 0 Å². The van der Waals surface area contributed by atoms with Crippen molar-refractivity contribution in [1.29, 1.82) is 0 Å². The second-order valence-corrected chi connectivity index (χ2v) is 4.63. The topological polar surface area (TPSA) is 60.9 Å². The zero-order chi connectivity index (χ0) is 14.2. The Morgan fingerprint density at radius 1 is 1.42 bits per heavy atom. The molecular weight excluding hydrogens is 251 g/mol. The number of urea groups is 1. The minimum atomic E-state index is -1.04. The maximum Gasteiger partial charge on any atom is 0.326 e. The fourth-order valence-corrected chi connectivity index (χ4v) is 2.19. The molecule has 0 bridgehead atoms. The highest BCUT2D eigenvalue weighted by molar-refractivity contribution is 5.84. The number of carbonyl (C=O) groups excluding carboxylic acids is 1. The van der Waals surface area contributed by atoms with Gasteiger partial charge in [-0.15, -0.1) is 0 Å². The molecule has 0 saturated carbocycles. The lowest BCUT2D eigenvalue weighted by Gasteiger charge is -2.19. The molecule has 0 radical (unpaired) electrons. The summed E-state index contributed by atoms with van der Waals surface area (Å²) in [5, 5.41) is 8.98. The van der Waals surface area contributed by atoms with E-state index in [4.69, 9.17) is 5.11 Å². The molecule has 2 rings (SSSR count). The number of nitrogens with zero attached hydrogens (tertiary/aromatic N) is 2. The van der Waals surface area contributed by atoms with Gasteiger partial charge in [-0.2, -0.15) is 0 Å². The summed E-state index contributed by atoms with van der Waals surface area (Å²) < 4.78 is 12.9. The van der Waals surface area contributed by atoms with Crippen molar-refractivity contribution in [3.8, 4) is 0 Å². The second-order valence-electron chi connectivity index (χ2n) is 4.63. The maximum atomic E-state index is 12.9. The van der Waals surface area contributed by atoms with Crippen LogP contribution < -0.4 is 0 Å². The molecule has 6 heteroatoms. The van der Waals surface area contributed by atoms with Crippen molar-refractivity contribution in [3.05, 3.63) is 35.6 Å². The van der Waals surface area contributed by atoms with Gasteiger partial charge in [0.05, 0.1) is 6.04 Å². The molecule has 1 N–H and O–H groups in total. The summed E-state index contributed by atoms with van der Waals surface area (Å²) in [7, 11) is 1.62. The lowest BCUT2D eigenvalue weighted by molar-refractivity contribution is -0.141. The third-order valence-electron chi connectivity index (χ3n) is 3.46. The first-order valence-electron chi connectivity index (χ1n) is 5.93. The number of likely N-dealkylation sites (N-methyl/N-ethyl adjacent to an activating group) is 1. The Hall–Kier alpha value is -2.11. The standard InChI is InChI=1S/C13H15FN2O3/c1-8(12(17)18)16-7-11(15(2)13(16)19)9-3-5-10(14)6-4-9/h3-6,8,11H,7H2,1-2H3,(H,17,18). The Bertz CT molecular complexity index is 503. The zero-order valence-corrected chi connectivity index (χ0v) is 10.7. The summed E-state index contributed by atoms with van der Waals surface area (Å²) in [5.74, 6) is -1.38. The zero-order valence-electron chi connectivity index (χ0n) is 10.7. The van der Waals surface area contributed by atoms with E-state index in [0.29, 0.717) is 0 Å². The first kappa shape index (κ1) is 13.3. The Balaban J connectivity index is 2.23. The minimum Gasteiger partial charge on any atom is -0.480 e. The number of hydrogen-bond acceptors (Lipinski definition) is 2. The molecule has 1 fully saturated rings. The third kappa shape index (κ3) is 2.38. The van der Waals surface area contributed by atoms with Crippen LogP contribution in [0.2, 0.25) is 0 Å². The van der Waals surface area contributed by atoms with Crippen molar-refractivity contribution in [1.82, 2.24) is 9.80 Å². The summed E-state index contributed by atoms with van der Waals surface area (Å²) in [4.78, 5) is 25.8. The summed E-state index contributed by atoms with van der Waals surface area (Å²) in [6.07, 6.45) is 0. The number of amides is 2. The average molecular weight is 266 g/mol. The van der Waals surface area contributed by atoms with Gasteiger partial charge in [-0.25, -0.2) is 14.0 Å². The molecule has 1 aliphatic heterocycles. The van der Waals surface area contributed by atoms with Crippen LogP contribution in [0.15, 0.2) is 24.3 Å². The molecule has 0 aliphatic carbocycles. The summed E-state index contributed by atoms with van der Waals surface area (Å²) >= 11 is 0. The van der Waals surface area contributed by atoms with Crippen LogP contribution in [0.5, 0.6) is 0 Å². The molecule has 1 heterocycles. The smallest absolute Gasteiger partial charge is 0.326 e. The second kappa shape index (κ2) is 4.87. The Labute approximate surface area is 110 Å². The van der Waals surface area contributed by atoms with Crippen molar-refractivity contribution < 1.29 is 19.1 Å². The van der Waals surface area contributed by atoms with Crippen molar-refractivity contribution in [3.63, 3.8) is 0 Å². The van der Waals surface area contributed by atoms with E-state index >= 15 is 0 Å². The first-order chi connectivity index (χ1) is 8.91. The molecule has 19 heavy (non-hydrogen) atoms. The normalized spacial score (nSPS) is 20.8. The third-order valence-corrected chi connectivity index (χ3v) is 3.46. The molecule has 1 aromatic carbocycles. The van der Waals surface area contributed by atoms with E-state index in [2.05, 4.69) is 0 Å². The van der Waals surface area contributed by atoms with Crippen molar-refractivity contribution >= 4 is 12.0 Å². The number of halogens is 1. The number of carboxylic acid groups (broad SMARTS) is 1. The van der Waals surface area contributed by atoms with Crippen LogP contribution in [0.1, 0.15) is 18.5 Å². The van der Waals surface area contributed by atoms with E-state index in [1.165, 1.54) is 28.9 Å². The molecule has 0 aromatic heterocycles. The number of hydrogen-bond donors (Lipinski definition) is 1. The molecular formula is C13H15FN2O3. The van der Waals surface area contributed by atoms with E-state index < -0.39 is 12.0 Å². The fourth-order valence-electron chi connectivity index (χ4n) is 2.19. The molecule has 1 saturated heterocycles. The van der Waals surface area contributed by atoms with Crippen LogP contribution in [0, 0.1) is 5.82 Å². The van der Waals surface area contributed by atoms with Crippen LogP contribution in [-0.2, 0) is 4.79 Å². The van der Waals surface area contributed by atoms with E-state index in [9.17, 15) is 14.0 Å². The number of aliphatic carboxylic acids is 1.